The Balaban J connectivity index is 2.31. The predicted octanol–water partition coefficient (Wildman–Crippen LogP) is 3.49. The van der Waals surface area contributed by atoms with E-state index in [1.165, 1.54) is 3.97 Å². The summed E-state index contributed by atoms with van der Waals surface area (Å²) in [4.78, 5) is 4.52. The van der Waals surface area contributed by atoms with Gasteiger partial charge < -0.3 is 0 Å². The monoisotopic (exact) mass is 412 g/mol. The van der Waals surface area contributed by atoms with Crippen LogP contribution in [0.25, 0.3) is 11.0 Å². The second-order valence-electron chi connectivity index (χ2n) is 4.91. The number of halogens is 1. The van der Waals surface area contributed by atoms with Gasteiger partial charge in [-0.05, 0) is 66.3 Å². The third-order valence-corrected chi connectivity index (χ3v) is 6.24. The van der Waals surface area contributed by atoms with Gasteiger partial charge in [0.15, 0.2) is 5.65 Å². The first-order chi connectivity index (χ1) is 9.91. The Kier molecular flexibility index (Phi) is 3.53. The Morgan fingerprint density at radius 3 is 2.43 bits per heavy atom. The van der Waals surface area contributed by atoms with Crippen LogP contribution in [0.15, 0.2) is 47.5 Å². The first kappa shape index (κ1) is 14.5. The first-order valence-electron chi connectivity index (χ1n) is 6.36. The summed E-state index contributed by atoms with van der Waals surface area (Å²) in [5.41, 5.74) is 2.51. The van der Waals surface area contributed by atoms with Gasteiger partial charge in [0.05, 0.1) is 8.60 Å². The van der Waals surface area contributed by atoms with Gasteiger partial charge in [0.2, 0.25) is 0 Å². The molecule has 6 heteroatoms. The summed E-state index contributed by atoms with van der Waals surface area (Å²) in [5.74, 6) is 0. The molecule has 1 aromatic carbocycles. The van der Waals surface area contributed by atoms with Crippen LogP contribution in [-0.4, -0.2) is 17.4 Å². The van der Waals surface area contributed by atoms with E-state index in [0.29, 0.717) is 9.35 Å². The molecule has 0 aliphatic heterocycles. The molecule has 3 aromatic rings. The number of rotatable bonds is 2. The molecule has 4 nitrogen and oxygen atoms in total. The van der Waals surface area contributed by atoms with E-state index in [2.05, 4.69) is 4.98 Å². The standard InChI is InChI=1S/C15H13IN2O2S/c1-10-3-5-12(6-4-10)21(19,20)18-14(16)9-13-11(2)7-8-17-15(13)18/h3-9H,1-2H3. The Morgan fingerprint density at radius 2 is 1.76 bits per heavy atom. The number of nitrogens with zero attached hydrogens (tertiary/aromatic N) is 2. The lowest BCUT2D eigenvalue weighted by atomic mass is 10.2. The van der Waals surface area contributed by atoms with Gasteiger partial charge in [-0.1, -0.05) is 17.7 Å². The Hall–Kier alpha value is -1.41. The Morgan fingerprint density at radius 1 is 1.10 bits per heavy atom. The highest BCUT2D eigenvalue weighted by molar-refractivity contribution is 14.1. The molecule has 0 aliphatic rings. The number of aromatic nitrogens is 2. The van der Waals surface area contributed by atoms with E-state index in [-0.39, 0.29) is 4.90 Å². The minimum Gasteiger partial charge on any atom is -0.237 e. The summed E-state index contributed by atoms with van der Waals surface area (Å²) < 4.78 is 27.7. The van der Waals surface area contributed by atoms with Crippen molar-refractivity contribution in [2.75, 3.05) is 0 Å². The SMILES string of the molecule is Cc1ccc(S(=O)(=O)n2c(I)cc3c(C)ccnc32)cc1. The van der Waals surface area contributed by atoms with Crippen molar-refractivity contribution in [2.45, 2.75) is 18.7 Å². The molecule has 0 saturated carbocycles. The van der Waals surface area contributed by atoms with Crippen molar-refractivity contribution >= 4 is 43.6 Å². The lowest BCUT2D eigenvalue weighted by Crippen LogP contribution is -2.15. The molecular weight excluding hydrogens is 399 g/mol. The largest absolute Gasteiger partial charge is 0.270 e. The Bertz CT molecular complexity index is 928. The van der Waals surface area contributed by atoms with E-state index in [0.717, 1.165) is 16.5 Å². The topological polar surface area (TPSA) is 52.0 Å². The number of aryl methyl sites for hydroxylation is 2. The number of pyridine rings is 1. The fourth-order valence-corrected chi connectivity index (χ4v) is 4.88. The number of hydrogen-bond acceptors (Lipinski definition) is 3. The molecule has 0 amide bonds. The minimum atomic E-state index is -3.64. The molecule has 0 saturated heterocycles. The summed E-state index contributed by atoms with van der Waals surface area (Å²) in [6, 6.07) is 10.6. The van der Waals surface area contributed by atoms with Crippen LogP contribution in [0.2, 0.25) is 0 Å². The zero-order valence-corrected chi connectivity index (χ0v) is 14.5. The molecule has 0 N–H and O–H groups in total. The summed E-state index contributed by atoms with van der Waals surface area (Å²) in [5, 5.41) is 0.859. The van der Waals surface area contributed by atoms with Crippen molar-refractivity contribution in [1.29, 1.82) is 0 Å². The van der Waals surface area contributed by atoms with Crippen molar-refractivity contribution < 1.29 is 8.42 Å². The molecule has 0 spiro atoms. The average Bonchev–Trinajstić information content (AvgIpc) is 2.77. The zero-order valence-electron chi connectivity index (χ0n) is 11.5. The van der Waals surface area contributed by atoms with Crippen LogP contribution in [0.1, 0.15) is 11.1 Å². The fourth-order valence-electron chi connectivity index (χ4n) is 2.22. The van der Waals surface area contributed by atoms with Crippen LogP contribution in [0.4, 0.5) is 0 Å². The van der Waals surface area contributed by atoms with Gasteiger partial charge >= 0.3 is 0 Å². The van der Waals surface area contributed by atoms with Gasteiger partial charge in [0, 0.05) is 11.6 Å². The summed E-state index contributed by atoms with van der Waals surface area (Å²) in [7, 11) is -3.64. The third kappa shape index (κ3) is 2.36. The number of hydrogen-bond donors (Lipinski definition) is 0. The maximum atomic E-state index is 12.9. The molecule has 21 heavy (non-hydrogen) atoms. The van der Waals surface area contributed by atoms with Crippen LogP contribution in [0, 0.1) is 17.5 Å². The number of fused-ring (bicyclic) bond motifs is 1. The van der Waals surface area contributed by atoms with E-state index in [1.807, 2.05) is 48.6 Å². The van der Waals surface area contributed by atoms with E-state index in [9.17, 15) is 8.42 Å². The quantitative estimate of drug-likeness (QED) is 0.606. The zero-order chi connectivity index (χ0) is 15.2. The van der Waals surface area contributed by atoms with Gasteiger partial charge in [0.25, 0.3) is 10.0 Å². The van der Waals surface area contributed by atoms with Gasteiger partial charge in [-0.3, -0.25) is 0 Å². The van der Waals surface area contributed by atoms with Crippen molar-refractivity contribution in [3.63, 3.8) is 0 Å². The van der Waals surface area contributed by atoms with Crippen LogP contribution in [-0.2, 0) is 10.0 Å². The smallest absolute Gasteiger partial charge is 0.237 e. The van der Waals surface area contributed by atoms with Crippen LogP contribution < -0.4 is 0 Å². The van der Waals surface area contributed by atoms with E-state index in [1.54, 1.807) is 30.5 Å². The highest BCUT2D eigenvalue weighted by atomic mass is 127. The van der Waals surface area contributed by atoms with Gasteiger partial charge in [-0.2, -0.15) is 0 Å². The van der Waals surface area contributed by atoms with Crippen LogP contribution >= 0.6 is 22.6 Å². The molecule has 0 unspecified atom stereocenters. The molecule has 0 aliphatic carbocycles. The van der Waals surface area contributed by atoms with Gasteiger partial charge in [-0.25, -0.2) is 17.4 Å². The average molecular weight is 412 g/mol. The van der Waals surface area contributed by atoms with Crippen LogP contribution in [0.3, 0.4) is 0 Å². The molecule has 0 radical (unpaired) electrons. The maximum absolute atomic E-state index is 12.9. The Labute approximate surface area is 137 Å². The number of benzene rings is 1. The fraction of sp³-hybridized carbons (Fsp3) is 0.133. The van der Waals surface area contributed by atoms with Crippen molar-refractivity contribution in [3.8, 4) is 0 Å². The minimum absolute atomic E-state index is 0.270. The summed E-state index contributed by atoms with van der Waals surface area (Å²) in [6.45, 7) is 3.87. The predicted molar refractivity (Wildman–Crippen MR) is 90.9 cm³/mol. The summed E-state index contributed by atoms with van der Waals surface area (Å²) >= 11 is 2.03. The normalized spacial score (nSPS) is 12.0. The van der Waals surface area contributed by atoms with Crippen molar-refractivity contribution in [3.05, 3.63) is 57.4 Å². The van der Waals surface area contributed by atoms with Gasteiger partial charge in [0.1, 0.15) is 0 Å². The molecule has 0 fully saturated rings. The van der Waals surface area contributed by atoms with Crippen LogP contribution in [0.5, 0.6) is 0 Å². The van der Waals surface area contributed by atoms with E-state index < -0.39 is 10.0 Å². The molecule has 108 valence electrons. The molecule has 3 rings (SSSR count). The molecule has 0 atom stereocenters. The second kappa shape index (κ2) is 5.10. The third-order valence-electron chi connectivity index (χ3n) is 3.40. The lowest BCUT2D eigenvalue weighted by Gasteiger charge is -2.09. The molecule has 0 bridgehead atoms. The second-order valence-corrected chi connectivity index (χ2v) is 7.81. The van der Waals surface area contributed by atoms with E-state index >= 15 is 0 Å². The summed E-state index contributed by atoms with van der Waals surface area (Å²) in [6.07, 6.45) is 1.63. The van der Waals surface area contributed by atoms with Crippen molar-refractivity contribution in [1.82, 2.24) is 8.96 Å². The van der Waals surface area contributed by atoms with Crippen molar-refractivity contribution in [2.24, 2.45) is 0 Å². The lowest BCUT2D eigenvalue weighted by molar-refractivity contribution is 0.588. The highest BCUT2D eigenvalue weighted by Crippen LogP contribution is 2.27. The maximum Gasteiger partial charge on any atom is 0.270 e. The highest BCUT2D eigenvalue weighted by Gasteiger charge is 2.23. The van der Waals surface area contributed by atoms with E-state index in [4.69, 9.17) is 0 Å². The molecule has 2 heterocycles. The first-order valence-corrected chi connectivity index (χ1v) is 8.88. The molecular formula is C15H13IN2O2S. The van der Waals surface area contributed by atoms with Gasteiger partial charge in [-0.15, -0.1) is 0 Å². The molecule has 2 aromatic heterocycles.